The average Bonchev–Trinajstić information content (AvgIpc) is 2.62. The van der Waals surface area contributed by atoms with Crippen LogP contribution in [-0.4, -0.2) is 0 Å². The van der Waals surface area contributed by atoms with Gasteiger partial charge in [-0.2, -0.15) is 39.0 Å². The SMILES string of the molecule is C[C-](C)C.[U+2].[c-]1ccc([S+](Cc2ccccc2)c2ccccc2)cc1. The van der Waals surface area contributed by atoms with Crippen molar-refractivity contribution in [2.45, 2.75) is 36.3 Å². The van der Waals surface area contributed by atoms with Crippen LogP contribution in [-0.2, 0) is 16.6 Å². The van der Waals surface area contributed by atoms with E-state index < -0.39 is 0 Å². The summed E-state index contributed by atoms with van der Waals surface area (Å²) in [6.45, 7) is 6.25. The van der Waals surface area contributed by atoms with Crippen LogP contribution in [0.3, 0.4) is 0 Å². The smallest absolute Gasteiger partial charge is 0.323 e. The Balaban J connectivity index is 0.000000568. The van der Waals surface area contributed by atoms with E-state index in [-0.39, 0.29) is 42.0 Å². The van der Waals surface area contributed by atoms with E-state index in [0.717, 1.165) is 5.75 Å². The van der Waals surface area contributed by atoms with Gasteiger partial charge in [0.05, 0.1) is 4.90 Å². The first-order valence-corrected chi connectivity index (χ1v) is 9.59. The molecular formula is C23H25SU+. The van der Waals surface area contributed by atoms with Crippen molar-refractivity contribution in [1.82, 2.24) is 0 Å². The molecular weight excluding hydrogens is 546 g/mol. The van der Waals surface area contributed by atoms with Gasteiger partial charge in [-0.05, 0) is 12.1 Å². The second kappa shape index (κ2) is 12.4. The fourth-order valence-corrected chi connectivity index (χ4v) is 4.25. The molecule has 0 fully saturated rings. The third-order valence-electron chi connectivity index (χ3n) is 3.15. The van der Waals surface area contributed by atoms with Gasteiger partial charge in [-0.1, -0.05) is 48.5 Å². The largest absolute Gasteiger partial charge is 2.00 e. The molecule has 0 spiro atoms. The normalized spacial score (nSPS) is 11.0. The summed E-state index contributed by atoms with van der Waals surface area (Å²) in [6.07, 6.45) is 0. The zero-order valence-electron chi connectivity index (χ0n) is 15.2. The summed E-state index contributed by atoms with van der Waals surface area (Å²) in [6, 6.07) is 32.9. The van der Waals surface area contributed by atoms with E-state index >= 15 is 0 Å². The maximum Gasteiger partial charge on any atom is 2.00 e. The summed E-state index contributed by atoms with van der Waals surface area (Å²) in [7, 11) is 0.0778. The van der Waals surface area contributed by atoms with Crippen LogP contribution in [0.15, 0.2) is 94.7 Å². The van der Waals surface area contributed by atoms with Crippen molar-refractivity contribution >= 4 is 10.9 Å². The Bertz CT molecular complexity index is 639. The number of rotatable bonds is 4. The zero-order chi connectivity index (χ0) is 17.2. The molecule has 3 rings (SSSR count). The van der Waals surface area contributed by atoms with Gasteiger partial charge in [0.2, 0.25) is 0 Å². The fourth-order valence-electron chi connectivity index (χ4n) is 2.16. The topological polar surface area (TPSA) is 0 Å². The molecule has 1 unspecified atom stereocenters. The third-order valence-corrected chi connectivity index (χ3v) is 5.46. The molecule has 0 N–H and O–H groups in total. The monoisotopic (exact) mass is 571 g/mol. The fraction of sp³-hybridized carbons (Fsp3) is 0.174. The van der Waals surface area contributed by atoms with E-state index in [1.807, 2.05) is 12.1 Å². The van der Waals surface area contributed by atoms with Gasteiger partial charge in [-0.3, -0.25) is 0 Å². The standard InChI is InChI=1S/C19H16S.C4H9.U/c1-4-10-17(11-5-1)16-20(18-12-6-2-7-13-18)19-14-8-3-9-15-19;1-4(2)3;/h1-2,4-15H,16H2;1-3H3;/q;-1;+2. The minimum absolute atomic E-state index is 0. The number of hydrogen-bond acceptors (Lipinski definition) is 0. The van der Waals surface area contributed by atoms with E-state index in [2.05, 4.69) is 99.6 Å². The Hall–Kier alpha value is -0.938. The molecule has 2 heteroatoms. The average molecular weight is 572 g/mol. The molecule has 0 saturated heterocycles. The second-order valence-electron chi connectivity index (χ2n) is 6.07. The Labute approximate surface area is 179 Å². The Kier molecular flexibility index (Phi) is 11.0. The van der Waals surface area contributed by atoms with Crippen LogP contribution < -0.4 is 0 Å². The maximum absolute atomic E-state index is 3.11. The van der Waals surface area contributed by atoms with Gasteiger partial charge in [0.25, 0.3) is 0 Å². The molecule has 1 atom stereocenters. The summed E-state index contributed by atoms with van der Waals surface area (Å²) >= 11 is 0. The van der Waals surface area contributed by atoms with Crippen LogP contribution in [0, 0.1) is 43.1 Å². The van der Waals surface area contributed by atoms with Gasteiger partial charge in [-0.25, -0.2) is 0 Å². The molecule has 0 bridgehead atoms. The van der Waals surface area contributed by atoms with Gasteiger partial charge in [-0.15, -0.1) is 12.1 Å². The number of benzene rings is 3. The molecule has 3 aromatic rings. The van der Waals surface area contributed by atoms with Crippen molar-refractivity contribution in [3.05, 3.63) is 102 Å². The van der Waals surface area contributed by atoms with E-state index in [1.54, 1.807) is 0 Å². The molecule has 126 valence electrons. The van der Waals surface area contributed by atoms with Crippen LogP contribution in [0.4, 0.5) is 0 Å². The van der Waals surface area contributed by atoms with Crippen LogP contribution in [0.5, 0.6) is 0 Å². The molecule has 0 saturated carbocycles. The Morgan fingerprint density at radius 2 is 1.16 bits per heavy atom. The Morgan fingerprint density at radius 3 is 1.68 bits per heavy atom. The minimum Gasteiger partial charge on any atom is -0.323 e. The van der Waals surface area contributed by atoms with E-state index in [1.165, 1.54) is 21.3 Å². The summed E-state index contributed by atoms with van der Waals surface area (Å²) in [5, 5.41) is 0. The predicted molar refractivity (Wildman–Crippen MR) is 106 cm³/mol. The summed E-state index contributed by atoms with van der Waals surface area (Å²) in [4.78, 5) is 2.77. The van der Waals surface area contributed by atoms with E-state index in [0.29, 0.717) is 0 Å². The van der Waals surface area contributed by atoms with Crippen LogP contribution >= 0.6 is 0 Å². The quantitative estimate of drug-likeness (QED) is 0.253. The zero-order valence-corrected chi connectivity index (χ0v) is 20.2. The summed E-state index contributed by atoms with van der Waals surface area (Å²) in [5.41, 5.74) is 1.38. The molecule has 0 nitrogen and oxygen atoms in total. The van der Waals surface area contributed by atoms with Crippen molar-refractivity contribution in [3.8, 4) is 0 Å². The van der Waals surface area contributed by atoms with Crippen molar-refractivity contribution in [3.63, 3.8) is 0 Å². The molecule has 3 aromatic carbocycles. The predicted octanol–water partition coefficient (Wildman–Crippen LogP) is 6.34. The first-order valence-electron chi connectivity index (χ1n) is 8.19. The number of hydrogen-bond donors (Lipinski definition) is 0. The van der Waals surface area contributed by atoms with Gasteiger partial charge in [0.15, 0.2) is 4.90 Å². The molecule has 0 amide bonds. The van der Waals surface area contributed by atoms with E-state index in [9.17, 15) is 0 Å². The summed E-state index contributed by atoms with van der Waals surface area (Å²) < 4.78 is 0. The van der Waals surface area contributed by atoms with Gasteiger partial charge < -0.3 is 5.92 Å². The van der Waals surface area contributed by atoms with Crippen LogP contribution in [0.2, 0.25) is 0 Å². The third kappa shape index (κ3) is 8.32. The molecule has 0 aromatic heterocycles. The van der Waals surface area contributed by atoms with Crippen molar-refractivity contribution in [2.75, 3.05) is 0 Å². The van der Waals surface area contributed by atoms with Crippen molar-refractivity contribution in [1.29, 1.82) is 0 Å². The molecule has 0 aliphatic heterocycles. The Morgan fingerprint density at radius 1 is 0.720 bits per heavy atom. The van der Waals surface area contributed by atoms with Gasteiger partial charge >= 0.3 is 31.1 Å². The molecule has 0 radical (unpaired) electrons. The molecule has 25 heavy (non-hydrogen) atoms. The first kappa shape index (κ1) is 22.1. The van der Waals surface area contributed by atoms with Crippen molar-refractivity contribution in [2.24, 2.45) is 0 Å². The van der Waals surface area contributed by atoms with Crippen LogP contribution in [0.25, 0.3) is 0 Å². The minimum atomic E-state index is 0. The molecule has 0 heterocycles. The summed E-state index contributed by atoms with van der Waals surface area (Å²) in [5.74, 6) is 2.47. The first-order chi connectivity index (χ1) is 11.7. The molecule has 0 aliphatic carbocycles. The molecule has 0 aliphatic rings. The van der Waals surface area contributed by atoms with Gasteiger partial charge in [0, 0.05) is 16.5 Å². The van der Waals surface area contributed by atoms with Crippen LogP contribution in [0.1, 0.15) is 26.3 Å². The second-order valence-corrected chi connectivity index (χ2v) is 8.08. The van der Waals surface area contributed by atoms with Crippen molar-refractivity contribution < 1.29 is 31.1 Å². The van der Waals surface area contributed by atoms with Gasteiger partial charge in [0.1, 0.15) is 5.75 Å². The van der Waals surface area contributed by atoms with E-state index in [4.69, 9.17) is 0 Å². The maximum atomic E-state index is 3.11.